The SMILES string of the molecule is C[n+]1noc([O-])c1SCC(=O)Nc1cc(C(=O)O)ccc1Cl. The Labute approximate surface area is 133 Å². The molecule has 0 bridgehead atoms. The number of benzene rings is 1. The van der Waals surface area contributed by atoms with Crippen molar-refractivity contribution in [3.63, 3.8) is 0 Å². The quantitative estimate of drug-likeness (QED) is 0.604. The van der Waals surface area contributed by atoms with Crippen LogP contribution in [0.4, 0.5) is 5.69 Å². The van der Waals surface area contributed by atoms with Crippen molar-refractivity contribution in [3.8, 4) is 5.95 Å². The van der Waals surface area contributed by atoms with E-state index in [1.807, 2.05) is 0 Å². The number of thioether (sulfide) groups is 1. The number of aromatic carboxylic acids is 1. The van der Waals surface area contributed by atoms with Crippen LogP contribution in [0.15, 0.2) is 27.7 Å². The lowest BCUT2D eigenvalue weighted by atomic mass is 10.2. The maximum absolute atomic E-state index is 11.9. The standard InChI is InChI=1S/C12H10ClN3O5S/c1-16-10(12(20)21-15-16)22-5-9(17)14-8-4-6(11(18)19)2-3-7(8)13/h2-4H,5H2,1H3,(H2-,14,15,17,18,19,20). The molecule has 0 aliphatic heterocycles. The molecule has 1 aromatic carbocycles. The van der Waals surface area contributed by atoms with Crippen LogP contribution in [0.25, 0.3) is 0 Å². The second-order valence-corrected chi connectivity index (χ2v) is 5.50. The molecule has 0 fully saturated rings. The average Bonchev–Trinajstić information content (AvgIpc) is 2.78. The van der Waals surface area contributed by atoms with Crippen LogP contribution in [0.5, 0.6) is 5.95 Å². The van der Waals surface area contributed by atoms with Crippen LogP contribution < -0.4 is 15.1 Å². The average molecular weight is 344 g/mol. The minimum Gasteiger partial charge on any atom is -0.538 e. The summed E-state index contributed by atoms with van der Waals surface area (Å²) >= 11 is 6.85. The largest absolute Gasteiger partial charge is 0.538 e. The summed E-state index contributed by atoms with van der Waals surface area (Å²) in [6.45, 7) is 0. The molecule has 22 heavy (non-hydrogen) atoms. The number of anilines is 1. The summed E-state index contributed by atoms with van der Waals surface area (Å²) in [6, 6.07) is 3.96. The van der Waals surface area contributed by atoms with Gasteiger partial charge in [0.05, 0.1) is 27.3 Å². The van der Waals surface area contributed by atoms with Crippen molar-refractivity contribution in [3.05, 3.63) is 28.8 Å². The number of carbonyl (C=O) groups excluding carboxylic acids is 1. The zero-order chi connectivity index (χ0) is 16.3. The molecule has 10 heteroatoms. The lowest BCUT2D eigenvalue weighted by Crippen LogP contribution is -2.32. The Morgan fingerprint density at radius 1 is 1.55 bits per heavy atom. The highest BCUT2D eigenvalue weighted by Gasteiger charge is 2.17. The molecule has 116 valence electrons. The van der Waals surface area contributed by atoms with Crippen LogP contribution >= 0.6 is 23.4 Å². The zero-order valence-electron chi connectivity index (χ0n) is 11.2. The van der Waals surface area contributed by atoms with Crippen molar-refractivity contribution in [2.45, 2.75) is 5.03 Å². The van der Waals surface area contributed by atoms with Gasteiger partial charge in [0.15, 0.2) is 13.0 Å². The van der Waals surface area contributed by atoms with E-state index in [1.54, 1.807) is 0 Å². The fraction of sp³-hybridized carbons (Fsp3) is 0.167. The van der Waals surface area contributed by atoms with Crippen LogP contribution in [0.1, 0.15) is 10.4 Å². The second-order valence-electron chi connectivity index (χ2n) is 4.13. The predicted octanol–water partition coefficient (Wildman–Crippen LogP) is 0.655. The third-order valence-corrected chi connectivity index (χ3v) is 3.98. The molecular formula is C12H10ClN3O5S. The van der Waals surface area contributed by atoms with Crippen molar-refractivity contribution >= 4 is 40.9 Å². The zero-order valence-corrected chi connectivity index (χ0v) is 12.8. The van der Waals surface area contributed by atoms with E-state index in [2.05, 4.69) is 15.1 Å². The molecule has 2 N–H and O–H groups in total. The van der Waals surface area contributed by atoms with Crippen LogP contribution in [0.3, 0.4) is 0 Å². The van der Waals surface area contributed by atoms with Gasteiger partial charge in [0.25, 0.3) is 5.03 Å². The van der Waals surface area contributed by atoms with Gasteiger partial charge in [0.2, 0.25) is 5.91 Å². The van der Waals surface area contributed by atoms with Gasteiger partial charge in [-0.15, -0.1) is 0 Å². The first kappa shape index (κ1) is 16.1. The number of halogens is 1. The fourth-order valence-electron chi connectivity index (χ4n) is 1.53. The number of aryl methyl sites for hydroxylation is 1. The Bertz CT molecular complexity index is 714. The Hall–Kier alpha value is -2.26. The Kier molecular flexibility index (Phi) is 4.88. The molecule has 0 saturated heterocycles. The summed E-state index contributed by atoms with van der Waals surface area (Å²) in [5, 5.41) is 26.5. The number of hydrogen-bond donors (Lipinski definition) is 2. The normalized spacial score (nSPS) is 10.5. The molecule has 0 spiro atoms. The summed E-state index contributed by atoms with van der Waals surface area (Å²) in [6.07, 6.45) is 0. The molecule has 0 aliphatic carbocycles. The Morgan fingerprint density at radius 3 is 2.86 bits per heavy atom. The lowest BCUT2D eigenvalue weighted by Gasteiger charge is -2.07. The van der Waals surface area contributed by atoms with E-state index < -0.39 is 17.8 Å². The molecule has 0 aliphatic rings. The molecular weight excluding hydrogens is 334 g/mol. The van der Waals surface area contributed by atoms with E-state index in [1.165, 1.54) is 29.9 Å². The maximum Gasteiger partial charge on any atom is 0.335 e. The summed E-state index contributed by atoms with van der Waals surface area (Å²) in [5.74, 6) is -2.30. The minimum atomic E-state index is -1.13. The van der Waals surface area contributed by atoms with Crippen molar-refractivity contribution < 1.29 is 29.0 Å². The first-order chi connectivity index (χ1) is 10.4. The highest BCUT2D eigenvalue weighted by Crippen LogP contribution is 2.25. The van der Waals surface area contributed by atoms with Crippen molar-refractivity contribution in [1.82, 2.24) is 5.27 Å². The molecule has 0 saturated carbocycles. The lowest BCUT2D eigenvalue weighted by molar-refractivity contribution is -0.772. The molecule has 0 atom stereocenters. The Balaban J connectivity index is 2.03. The summed E-state index contributed by atoms with van der Waals surface area (Å²) in [7, 11) is 1.51. The van der Waals surface area contributed by atoms with Gasteiger partial charge in [-0.3, -0.25) is 4.79 Å². The number of hydrogen-bond acceptors (Lipinski definition) is 6. The van der Waals surface area contributed by atoms with Crippen LogP contribution in [-0.4, -0.2) is 28.0 Å². The summed E-state index contributed by atoms with van der Waals surface area (Å²) in [4.78, 5) is 22.8. The molecule has 8 nitrogen and oxygen atoms in total. The van der Waals surface area contributed by atoms with Crippen molar-refractivity contribution in [2.75, 3.05) is 11.1 Å². The maximum atomic E-state index is 11.9. The molecule has 2 rings (SSSR count). The van der Waals surface area contributed by atoms with Gasteiger partial charge < -0.3 is 20.1 Å². The summed E-state index contributed by atoms with van der Waals surface area (Å²) in [5.41, 5.74) is 0.184. The molecule has 1 aromatic heterocycles. The number of carbonyl (C=O) groups is 2. The van der Waals surface area contributed by atoms with E-state index in [-0.39, 0.29) is 27.1 Å². The highest BCUT2D eigenvalue weighted by atomic mass is 35.5. The van der Waals surface area contributed by atoms with Crippen LogP contribution in [0.2, 0.25) is 5.02 Å². The monoisotopic (exact) mass is 343 g/mol. The van der Waals surface area contributed by atoms with Gasteiger partial charge in [-0.2, -0.15) is 0 Å². The second kappa shape index (κ2) is 6.67. The van der Waals surface area contributed by atoms with Gasteiger partial charge in [0.1, 0.15) is 0 Å². The number of nitrogens with one attached hydrogen (secondary N) is 1. The van der Waals surface area contributed by atoms with Gasteiger partial charge >= 0.3 is 5.97 Å². The number of nitrogens with zero attached hydrogens (tertiary/aromatic N) is 2. The molecule has 1 amide bonds. The van der Waals surface area contributed by atoms with Crippen molar-refractivity contribution in [1.29, 1.82) is 0 Å². The first-order valence-electron chi connectivity index (χ1n) is 5.87. The number of amides is 1. The predicted molar refractivity (Wildman–Crippen MR) is 74.9 cm³/mol. The third kappa shape index (κ3) is 3.68. The number of carboxylic acid groups (broad SMARTS) is 1. The smallest absolute Gasteiger partial charge is 0.335 e. The number of rotatable bonds is 5. The number of aromatic nitrogens is 2. The van der Waals surface area contributed by atoms with Crippen molar-refractivity contribution in [2.24, 2.45) is 7.05 Å². The topological polar surface area (TPSA) is 119 Å². The molecule has 1 heterocycles. The van der Waals surface area contributed by atoms with Crippen LogP contribution in [0, 0.1) is 0 Å². The minimum absolute atomic E-state index is 0.000341. The van der Waals surface area contributed by atoms with E-state index in [4.69, 9.17) is 16.7 Å². The van der Waals surface area contributed by atoms with E-state index in [0.717, 1.165) is 11.8 Å². The van der Waals surface area contributed by atoms with Gasteiger partial charge in [-0.25, -0.2) is 4.79 Å². The van der Waals surface area contributed by atoms with Gasteiger partial charge in [0, 0.05) is 0 Å². The van der Waals surface area contributed by atoms with Gasteiger partial charge in [-0.1, -0.05) is 16.3 Å². The highest BCUT2D eigenvalue weighted by molar-refractivity contribution is 7.99. The number of carboxylic acids is 1. The molecule has 2 aromatic rings. The summed E-state index contributed by atoms with van der Waals surface area (Å²) < 4.78 is 5.65. The van der Waals surface area contributed by atoms with Crippen LogP contribution in [-0.2, 0) is 11.8 Å². The van der Waals surface area contributed by atoms with E-state index in [0.29, 0.717) is 0 Å². The van der Waals surface area contributed by atoms with E-state index in [9.17, 15) is 14.7 Å². The molecule has 0 radical (unpaired) electrons. The Morgan fingerprint density at radius 2 is 2.27 bits per heavy atom. The molecule has 0 unspecified atom stereocenters. The fourth-order valence-corrected chi connectivity index (χ4v) is 2.41. The first-order valence-corrected chi connectivity index (χ1v) is 7.23. The van der Waals surface area contributed by atoms with E-state index >= 15 is 0 Å². The third-order valence-electron chi connectivity index (χ3n) is 2.54. The van der Waals surface area contributed by atoms with Gasteiger partial charge in [-0.05, 0) is 30.0 Å².